The van der Waals surface area contributed by atoms with Gasteiger partial charge in [-0.2, -0.15) is 5.26 Å². The van der Waals surface area contributed by atoms with E-state index in [9.17, 15) is 28.8 Å². The average molecular weight is 904 g/mol. The number of benzene rings is 3. The Kier molecular flexibility index (Phi) is 14.4. The van der Waals surface area contributed by atoms with E-state index in [1.54, 1.807) is 18.5 Å². The van der Waals surface area contributed by atoms with Crippen molar-refractivity contribution in [3.8, 4) is 28.8 Å². The van der Waals surface area contributed by atoms with Crippen LogP contribution in [0.1, 0.15) is 83.2 Å². The van der Waals surface area contributed by atoms with Gasteiger partial charge in [-0.25, -0.2) is 14.8 Å². The number of nitrogens with zero attached hydrogens (tertiary/aromatic N) is 5. The fourth-order valence-electron chi connectivity index (χ4n) is 8.50. The number of imide groups is 2. The quantitative estimate of drug-likeness (QED) is 0.0632. The van der Waals surface area contributed by atoms with Crippen molar-refractivity contribution in [1.82, 2.24) is 30.8 Å². The van der Waals surface area contributed by atoms with Crippen LogP contribution >= 0.6 is 0 Å². The lowest BCUT2D eigenvalue weighted by Crippen LogP contribution is -2.54. The van der Waals surface area contributed by atoms with Crippen molar-refractivity contribution < 1.29 is 38.2 Å². The summed E-state index contributed by atoms with van der Waals surface area (Å²) in [7, 11) is 0. The molecule has 2 aromatic heterocycles. The minimum Gasteiger partial charge on any atom is -0.483 e. The number of hydrogen-bond acceptors (Lipinski definition) is 12. The van der Waals surface area contributed by atoms with E-state index in [4.69, 9.17) is 14.7 Å². The first kappa shape index (κ1) is 45.4. The van der Waals surface area contributed by atoms with Crippen LogP contribution < -0.4 is 35.6 Å². The summed E-state index contributed by atoms with van der Waals surface area (Å²) >= 11 is 0. The van der Waals surface area contributed by atoms with Crippen LogP contribution in [0.25, 0.3) is 11.1 Å². The molecule has 17 heteroatoms. The molecule has 4 heterocycles. The summed E-state index contributed by atoms with van der Waals surface area (Å²) in [6.07, 6.45) is 7.77. The maximum absolute atomic E-state index is 13.9. The van der Waals surface area contributed by atoms with Gasteiger partial charge in [0, 0.05) is 55.7 Å². The fourth-order valence-corrected chi connectivity index (χ4v) is 8.50. The van der Waals surface area contributed by atoms with E-state index in [-0.39, 0.29) is 47.8 Å². The molecule has 1 unspecified atom stereocenters. The molecule has 5 aromatic rings. The number of fused-ring (bicyclic) bond motifs is 1. The van der Waals surface area contributed by atoms with Gasteiger partial charge < -0.3 is 25.4 Å². The number of carbonyl (C=O) groups is 6. The zero-order chi connectivity index (χ0) is 46.7. The van der Waals surface area contributed by atoms with E-state index in [2.05, 4.69) is 37.3 Å². The Hall–Kier alpha value is -8.13. The van der Waals surface area contributed by atoms with Crippen LogP contribution in [-0.2, 0) is 20.9 Å². The Bertz CT molecular complexity index is 2670. The van der Waals surface area contributed by atoms with E-state index in [1.165, 1.54) is 18.2 Å². The number of carbonyl (C=O) groups excluding carboxylic acids is 6. The van der Waals surface area contributed by atoms with Gasteiger partial charge in [-0.15, -0.1) is 0 Å². The number of ether oxygens (including phenoxy) is 2. The number of nitrogens with one attached hydrogen (secondary N) is 4. The standard InChI is InChI=1S/C50H49N9O8/c51-28-33-11-21-42(54-30-33)56-36-14-18-38(19-15-36)58(50(65)55-29-32-7-2-1-3-8-32)37-16-12-34(13-17-37)35-23-25-53-45(27-35)66-26-5-4-24-52-44(61)31-67-41-10-6-9-39-46(41)49(64)59(48(39)63)40-20-22-43(60)57-47(40)62/h1-3,6-13,16-17,21,23,25,27,30,36,38,40H,4-5,14-15,18-20,22,24,26,29,31H2,(H,52,61)(H,54,56)(H,55,65)(H,57,60,62). The number of anilines is 2. The fraction of sp³-hybridized carbons (Fsp3) is 0.300. The van der Waals surface area contributed by atoms with Crippen molar-refractivity contribution in [2.45, 2.75) is 76.0 Å². The van der Waals surface area contributed by atoms with Gasteiger partial charge in [0.05, 0.1) is 23.3 Å². The third-order valence-corrected chi connectivity index (χ3v) is 12.0. The molecule has 342 valence electrons. The molecule has 0 radical (unpaired) electrons. The maximum Gasteiger partial charge on any atom is 0.322 e. The van der Waals surface area contributed by atoms with Gasteiger partial charge in [0.15, 0.2) is 6.61 Å². The van der Waals surface area contributed by atoms with E-state index in [0.29, 0.717) is 44.0 Å². The van der Waals surface area contributed by atoms with Crippen LogP contribution in [-0.4, -0.2) is 88.3 Å². The lowest BCUT2D eigenvalue weighted by Gasteiger charge is -2.37. The molecule has 1 aliphatic carbocycles. The molecular formula is C50H49N9O8. The molecule has 2 aliphatic heterocycles. The number of nitriles is 1. The maximum atomic E-state index is 13.9. The van der Waals surface area contributed by atoms with Crippen molar-refractivity contribution in [2.24, 2.45) is 0 Å². The number of aromatic nitrogens is 2. The Morgan fingerprint density at radius 3 is 2.37 bits per heavy atom. The zero-order valence-corrected chi connectivity index (χ0v) is 36.6. The third-order valence-electron chi connectivity index (χ3n) is 12.0. The highest BCUT2D eigenvalue weighted by molar-refractivity contribution is 6.24. The summed E-state index contributed by atoms with van der Waals surface area (Å²) < 4.78 is 11.6. The van der Waals surface area contributed by atoms with Gasteiger partial charge in [-0.05, 0) is 104 Å². The lowest BCUT2D eigenvalue weighted by molar-refractivity contribution is -0.136. The van der Waals surface area contributed by atoms with Gasteiger partial charge in [0.25, 0.3) is 17.7 Å². The molecule has 0 bridgehead atoms. The Morgan fingerprint density at radius 1 is 0.821 bits per heavy atom. The Balaban J connectivity index is 0.804. The number of urea groups is 1. The van der Waals surface area contributed by atoms with Gasteiger partial charge in [0.1, 0.15) is 23.7 Å². The minimum atomic E-state index is -1.11. The van der Waals surface area contributed by atoms with Crippen molar-refractivity contribution in [3.63, 3.8) is 0 Å². The predicted octanol–water partition coefficient (Wildman–Crippen LogP) is 5.91. The van der Waals surface area contributed by atoms with E-state index in [1.807, 2.05) is 77.7 Å². The molecule has 4 N–H and O–H groups in total. The Morgan fingerprint density at radius 2 is 1.63 bits per heavy atom. The summed E-state index contributed by atoms with van der Waals surface area (Å²) in [5.74, 6) is -1.76. The molecular weight excluding hydrogens is 855 g/mol. The van der Waals surface area contributed by atoms with Crippen LogP contribution in [0.2, 0.25) is 0 Å². The smallest absolute Gasteiger partial charge is 0.322 e. The molecule has 0 spiro atoms. The van der Waals surface area contributed by atoms with Crippen LogP contribution in [0, 0.1) is 11.3 Å². The molecule has 1 saturated carbocycles. The monoisotopic (exact) mass is 903 g/mol. The highest BCUT2D eigenvalue weighted by Crippen LogP contribution is 2.34. The summed E-state index contributed by atoms with van der Waals surface area (Å²) in [5, 5.41) is 20.7. The summed E-state index contributed by atoms with van der Waals surface area (Å²) in [6, 6.07) is 30.5. The minimum absolute atomic E-state index is 0.00380. The second-order valence-corrected chi connectivity index (χ2v) is 16.5. The Labute approximate surface area is 386 Å². The number of hydrogen-bond donors (Lipinski definition) is 4. The van der Waals surface area contributed by atoms with E-state index in [0.717, 1.165) is 58.8 Å². The van der Waals surface area contributed by atoms with Crippen LogP contribution in [0.15, 0.2) is 109 Å². The predicted molar refractivity (Wildman–Crippen MR) is 246 cm³/mol. The van der Waals surface area contributed by atoms with Crippen molar-refractivity contribution in [2.75, 3.05) is 30.0 Å². The number of unbranched alkanes of at least 4 members (excludes halogenated alkanes) is 1. The SMILES string of the molecule is N#Cc1ccc(NC2CCC(N(C(=O)NCc3ccccc3)c3ccc(-c4ccnc(OCCCCNC(=O)COc5cccc6c5C(=O)N(C5CCC(=O)NC5=O)C6=O)c4)cc3)CC2)nc1. The molecule has 1 atom stereocenters. The normalized spacial score (nSPS) is 17.7. The largest absolute Gasteiger partial charge is 0.483 e. The van der Waals surface area contributed by atoms with Crippen molar-refractivity contribution in [1.29, 1.82) is 5.26 Å². The van der Waals surface area contributed by atoms with Gasteiger partial charge in [-0.1, -0.05) is 48.5 Å². The van der Waals surface area contributed by atoms with Crippen LogP contribution in [0.5, 0.6) is 11.6 Å². The topological polar surface area (TPSA) is 225 Å². The molecule has 1 saturated heterocycles. The highest BCUT2D eigenvalue weighted by atomic mass is 16.5. The molecule has 67 heavy (non-hydrogen) atoms. The summed E-state index contributed by atoms with van der Waals surface area (Å²) in [4.78, 5) is 88.5. The number of pyridine rings is 2. The van der Waals surface area contributed by atoms with Gasteiger partial charge in [0.2, 0.25) is 17.7 Å². The van der Waals surface area contributed by atoms with Gasteiger partial charge >= 0.3 is 6.03 Å². The molecule has 7 amide bonds. The third kappa shape index (κ3) is 11.0. The first-order chi connectivity index (χ1) is 32.6. The molecule has 17 nitrogen and oxygen atoms in total. The van der Waals surface area contributed by atoms with Crippen LogP contribution in [0.4, 0.5) is 16.3 Å². The highest BCUT2D eigenvalue weighted by Gasteiger charge is 2.46. The van der Waals surface area contributed by atoms with Crippen LogP contribution in [0.3, 0.4) is 0 Å². The molecule has 2 fully saturated rings. The van der Waals surface area contributed by atoms with E-state index < -0.39 is 42.2 Å². The first-order valence-corrected chi connectivity index (χ1v) is 22.3. The molecule has 8 rings (SSSR count). The second kappa shape index (κ2) is 21.2. The van der Waals surface area contributed by atoms with E-state index >= 15 is 0 Å². The van der Waals surface area contributed by atoms with Crippen molar-refractivity contribution >= 4 is 47.1 Å². The summed E-state index contributed by atoms with van der Waals surface area (Å²) in [5.41, 5.74) is 4.17. The summed E-state index contributed by atoms with van der Waals surface area (Å²) in [6.45, 7) is 0.700. The number of rotatable bonds is 17. The van der Waals surface area contributed by atoms with Crippen molar-refractivity contribution in [3.05, 3.63) is 132 Å². The van der Waals surface area contributed by atoms with Gasteiger partial charge in [-0.3, -0.25) is 39.1 Å². The first-order valence-electron chi connectivity index (χ1n) is 22.3. The lowest BCUT2D eigenvalue weighted by atomic mass is 9.89. The molecule has 3 aliphatic rings. The number of amides is 7. The molecule has 3 aromatic carbocycles. The number of piperidine rings is 1. The average Bonchev–Trinajstić information content (AvgIpc) is 3.61. The second-order valence-electron chi connectivity index (χ2n) is 16.5. The zero-order valence-electron chi connectivity index (χ0n) is 36.6.